The molecule has 2 aromatic rings. The SMILES string of the molecule is CNC(Cc1ccc(F)cc1C)c1cccs1. The van der Waals surface area contributed by atoms with Gasteiger partial charge in [0.25, 0.3) is 0 Å². The molecular formula is C14H16FNS. The van der Waals surface area contributed by atoms with Gasteiger partial charge >= 0.3 is 0 Å². The molecular weight excluding hydrogens is 233 g/mol. The van der Waals surface area contributed by atoms with E-state index < -0.39 is 0 Å². The predicted octanol–water partition coefficient (Wildman–Crippen LogP) is 3.70. The van der Waals surface area contributed by atoms with Crippen LogP contribution in [0.4, 0.5) is 4.39 Å². The molecule has 0 aliphatic heterocycles. The molecule has 1 atom stereocenters. The Kier molecular flexibility index (Phi) is 3.92. The van der Waals surface area contributed by atoms with Gasteiger partial charge < -0.3 is 5.32 Å². The maximum Gasteiger partial charge on any atom is 0.123 e. The quantitative estimate of drug-likeness (QED) is 0.871. The van der Waals surface area contributed by atoms with Crippen LogP contribution in [0.1, 0.15) is 22.0 Å². The molecule has 0 amide bonds. The van der Waals surface area contributed by atoms with Crippen LogP contribution in [0.2, 0.25) is 0 Å². The van der Waals surface area contributed by atoms with Crippen LogP contribution >= 0.6 is 11.3 Å². The van der Waals surface area contributed by atoms with Crippen LogP contribution in [-0.4, -0.2) is 7.05 Å². The average molecular weight is 249 g/mol. The lowest BCUT2D eigenvalue weighted by atomic mass is 10.0. The standard InChI is InChI=1S/C14H16FNS/c1-10-8-12(15)6-5-11(10)9-13(16-2)14-4-3-7-17-14/h3-8,13,16H,9H2,1-2H3. The molecule has 1 aromatic heterocycles. The normalized spacial score (nSPS) is 12.6. The molecule has 1 unspecified atom stereocenters. The third-order valence-corrected chi connectivity index (χ3v) is 3.95. The van der Waals surface area contributed by atoms with E-state index >= 15 is 0 Å². The van der Waals surface area contributed by atoms with Crippen LogP contribution in [0.25, 0.3) is 0 Å². The summed E-state index contributed by atoms with van der Waals surface area (Å²) in [7, 11) is 1.96. The summed E-state index contributed by atoms with van der Waals surface area (Å²) < 4.78 is 13.0. The summed E-state index contributed by atoms with van der Waals surface area (Å²) in [6.45, 7) is 1.96. The summed E-state index contributed by atoms with van der Waals surface area (Å²) in [5.74, 6) is -0.164. The van der Waals surface area contributed by atoms with E-state index in [0.29, 0.717) is 6.04 Å². The van der Waals surface area contributed by atoms with Gasteiger partial charge in [0.2, 0.25) is 0 Å². The van der Waals surface area contributed by atoms with Gasteiger partial charge in [-0.15, -0.1) is 11.3 Å². The number of hydrogen-bond acceptors (Lipinski definition) is 2. The molecule has 90 valence electrons. The summed E-state index contributed by atoms with van der Waals surface area (Å²) in [4.78, 5) is 1.32. The van der Waals surface area contributed by atoms with Gasteiger partial charge in [0.1, 0.15) is 5.82 Å². The largest absolute Gasteiger partial charge is 0.312 e. The van der Waals surface area contributed by atoms with E-state index in [0.717, 1.165) is 12.0 Å². The predicted molar refractivity (Wildman–Crippen MR) is 71.0 cm³/mol. The van der Waals surface area contributed by atoms with Gasteiger partial charge in [-0.05, 0) is 55.1 Å². The molecule has 2 rings (SSSR count). The third kappa shape index (κ3) is 2.93. The minimum atomic E-state index is -0.164. The van der Waals surface area contributed by atoms with Gasteiger partial charge in [-0.1, -0.05) is 12.1 Å². The second-order valence-electron chi connectivity index (χ2n) is 4.13. The molecule has 0 fully saturated rings. The Morgan fingerprint density at radius 3 is 2.76 bits per heavy atom. The van der Waals surface area contributed by atoms with Crippen molar-refractivity contribution in [3.8, 4) is 0 Å². The zero-order chi connectivity index (χ0) is 12.3. The van der Waals surface area contributed by atoms with Crippen molar-refractivity contribution in [2.45, 2.75) is 19.4 Å². The Hall–Kier alpha value is -1.19. The number of thiophene rings is 1. The van der Waals surface area contributed by atoms with E-state index in [1.54, 1.807) is 17.4 Å². The van der Waals surface area contributed by atoms with Crippen molar-refractivity contribution in [1.29, 1.82) is 0 Å². The highest BCUT2D eigenvalue weighted by atomic mass is 32.1. The van der Waals surface area contributed by atoms with E-state index in [4.69, 9.17) is 0 Å². The Morgan fingerprint density at radius 2 is 2.18 bits per heavy atom. The maximum atomic E-state index is 13.0. The molecule has 0 radical (unpaired) electrons. The topological polar surface area (TPSA) is 12.0 Å². The van der Waals surface area contributed by atoms with Crippen LogP contribution in [0.3, 0.4) is 0 Å². The number of hydrogen-bond donors (Lipinski definition) is 1. The van der Waals surface area contributed by atoms with Crippen molar-refractivity contribution in [3.05, 3.63) is 57.5 Å². The fraction of sp³-hybridized carbons (Fsp3) is 0.286. The second kappa shape index (κ2) is 5.43. The zero-order valence-electron chi connectivity index (χ0n) is 10.0. The smallest absolute Gasteiger partial charge is 0.123 e. The van der Waals surface area contributed by atoms with Crippen molar-refractivity contribution in [2.24, 2.45) is 0 Å². The molecule has 1 N–H and O–H groups in total. The summed E-state index contributed by atoms with van der Waals surface area (Å²) in [6, 6.07) is 9.49. The third-order valence-electron chi connectivity index (χ3n) is 2.96. The molecule has 1 heterocycles. The first-order valence-corrected chi connectivity index (χ1v) is 6.54. The van der Waals surface area contributed by atoms with Crippen LogP contribution in [-0.2, 0) is 6.42 Å². The van der Waals surface area contributed by atoms with Crippen molar-refractivity contribution < 1.29 is 4.39 Å². The summed E-state index contributed by atoms with van der Waals surface area (Å²) >= 11 is 1.75. The second-order valence-corrected chi connectivity index (χ2v) is 5.11. The van der Waals surface area contributed by atoms with Crippen LogP contribution < -0.4 is 5.32 Å². The number of nitrogens with one attached hydrogen (secondary N) is 1. The van der Waals surface area contributed by atoms with E-state index in [1.807, 2.05) is 20.0 Å². The van der Waals surface area contributed by atoms with Gasteiger partial charge in [0, 0.05) is 10.9 Å². The van der Waals surface area contributed by atoms with Crippen molar-refractivity contribution in [3.63, 3.8) is 0 Å². The highest BCUT2D eigenvalue weighted by molar-refractivity contribution is 7.10. The minimum Gasteiger partial charge on any atom is -0.312 e. The van der Waals surface area contributed by atoms with Crippen LogP contribution in [0.15, 0.2) is 35.7 Å². The first-order valence-electron chi connectivity index (χ1n) is 5.66. The minimum absolute atomic E-state index is 0.164. The van der Waals surface area contributed by atoms with E-state index in [2.05, 4.69) is 22.8 Å². The maximum absolute atomic E-state index is 13.0. The van der Waals surface area contributed by atoms with Crippen molar-refractivity contribution >= 4 is 11.3 Å². The first kappa shape index (κ1) is 12.3. The molecule has 0 saturated carbocycles. The molecule has 1 nitrogen and oxygen atoms in total. The number of halogens is 1. The van der Waals surface area contributed by atoms with E-state index in [-0.39, 0.29) is 5.82 Å². The Balaban J connectivity index is 2.19. The van der Waals surface area contributed by atoms with E-state index in [9.17, 15) is 4.39 Å². The highest BCUT2D eigenvalue weighted by Gasteiger charge is 2.12. The lowest BCUT2D eigenvalue weighted by molar-refractivity contribution is 0.595. The number of rotatable bonds is 4. The Labute approximate surface area is 105 Å². The number of benzene rings is 1. The molecule has 1 aromatic carbocycles. The van der Waals surface area contributed by atoms with Crippen molar-refractivity contribution in [1.82, 2.24) is 5.32 Å². The average Bonchev–Trinajstić information content (AvgIpc) is 2.81. The lowest BCUT2D eigenvalue weighted by Crippen LogP contribution is -2.18. The zero-order valence-corrected chi connectivity index (χ0v) is 10.9. The monoisotopic (exact) mass is 249 g/mol. The molecule has 17 heavy (non-hydrogen) atoms. The fourth-order valence-electron chi connectivity index (χ4n) is 1.94. The van der Waals surface area contributed by atoms with Gasteiger partial charge in [0.05, 0.1) is 0 Å². The molecule has 0 aliphatic rings. The molecule has 0 bridgehead atoms. The summed E-state index contributed by atoms with van der Waals surface area (Å²) in [5, 5.41) is 5.39. The highest BCUT2D eigenvalue weighted by Crippen LogP contribution is 2.24. The lowest BCUT2D eigenvalue weighted by Gasteiger charge is -2.16. The molecule has 0 saturated heterocycles. The van der Waals surface area contributed by atoms with Gasteiger partial charge in [-0.2, -0.15) is 0 Å². The molecule has 3 heteroatoms. The fourth-order valence-corrected chi connectivity index (χ4v) is 2.78. The van der Waals surface area contributed by atoms with Crippen molar-refractivity contribution in [2.75, 3.05) is 7.05 Å². The van der Waals surface area contributed by atoms with Gasteiger partial charge in [-0.3, -0.25) is 0 Å². The first-order chi connectivity index (χ1) is 8.20. The Morgan fingerprint density at radius 1 is 1.35 bits per heavy atom. The molecule has 0 aliphatic carbocycles. The summed E-state index contributed by atoms with van der Waals surface area (Å²) in [5.41, 5.74) is 2.21. The van der Waals surface area contributed by atoms with Gasteiger partial charge in [0.15, 0.2) is 0 Å². The van der Waals surface area contributed by atoms with Crippen LogP contribution in [0, 0.1) is 12.7 Å². The van der Waals surface area contributed by atoms with Gasteiger partial charge in [-0.25, -0.2) is 4.39 Å². The van der Waals surface area contributed by atoms with Crippen LogP contribution in [0.5, 0.6) is 0 Å². The molecule has 0 spiro atoms. The number of likely N-dealkylation sites (N-methyl/N-ethyl adjacent to an activating group) is 1. The van der Waals surface area contributed by atoms with E-state index in [1.165, 1.54) is 16.5 Å². The summed E-state index contributed by atoms with van der Waals surface area (Å²) in [6.07, 6.45) is 0.892. The Bertz CT molecular complexity index is 479. The number of aryl methyl sites for hydroxylation is 1.